The predicted octanol–water partition coefficient (Wildman–Crippen LogP) is 5.30. The number of amides is 1. The van der Waals surface area contributed by atoms with Crippen LogP contribution in [0.15, 0.2) is 72.8 Å². The molecule has 0 bridgehead atoms. The van der Waals surface area contributed by atoms with Crippen molar-refractivity contribution in [1.29, 1.82) is 0 Å². The number of rotatable bonds is 6. The molecule has 29 heavy (non-hydrogen) atoms. The monoisotopic (exact) mass is 407 g/mol. The van der Waals surface area contributed by atoms with Crippen LogP contribution >= 0.6 is 11.6 Å². The topological polar surface area (TPSA) is 47.6 Å². The molecule has 0 radical (unpaired) electrons. The SMILES string of the molecule is COc1ccc(C2(c3ccc(OC)cc3)CC2C(=O)Nc2ccc(Cl)cc2)cc1. The fraction of sp³-hybridized carbons (Fsp3) is 0.208. The van der Waals surface area contributed by atoms with E-state index in [0.29, 0.717) is 5.02 Å². The minimum Gasteiger partial charge on any atom is -0.497 e. The van der Waals surface area contributed by atoms with Crippen LogP contribution in [-0.2, 0) is 10.2 Å². The fourth-order valence-electron chi connectivity index (χ4n) is 3.92. The van der Waals surface area contributed by atoms with Gasteiger partial charge in [0.15, 0.2) is 0 Å². The van der Waals surface area contributed by atoms with Crippen molar-refractivity contribution in [3.63, 3.8) is 0 Å². The number of nitrogens with one attached hydrogen (secondary N) is 1. The first-order valence-electron chi connectivity index (χ1n) is 9.42. The summed E-state index contributed by atoms with van der Waals surface area (Å²) in [6.45, 7) is 0. The Morgan fingerprint density at radius 1 is 0.862 bits per heavy atom. The van der Waals surface area contributed by atoms with Crippen LogP contribution in [0.1, 0.15) is 17.5 Å². The molecule has 1 amide bonds. The molecule has 0 aromatic heterocycles. The van der Waals surface area contributed by atoms with Crippen LogP contribution in [0.5, 0.6) is 11.5 Å². The Hall–Kier alpha value is -2.98. The third kappa shape index (κ3) is 3.68. The molecule has 1 unspecified atom stereocenters. The lowest BCUT2D eigenvalue weighted by Crippen LogP contribution is -2.22. The lowest BCUT2D eigenvalue weighted by molar-refractivity contribution is -0.117. The third-order valence-electron chi connectivity index (χ3n) is 5.60. The van der Waals surface area contributed by atoms with Gasteiger partial charge in [-0.2, -0.15) is 0 Å². The van der Waals surface area contributed by atoms with Gasteiger partial charge < -0.3 is 14.8 Å². The number of benzene rings is 3. The van der Waals surface area contributed by atoms with Crippen molar-refractivity contribution < 1.29 is 14.3 Å². The van der Waals surface area contributed by atoms with Gasteiger partial charge in [-0.3, -0.25) is 4.79 Å². The van der Waals surface area contributed by atoms with E-state index in [1.165, 1.54) is 0 Å². The van der Waals surface area contributed by atoms with E-state index in [2.05, 4.69) is 5.32 Å². The van der Waals surface area contributed by atoms with Crippen LogP contribution in [0.2, 0.25) is 5.02 Å². The summed E-state index contributed by atoms with van der Waals surface area (Å²) in [5.41, 5.74) is 2.57. The maximum Gasteiger partial charge on any atom is 0.228 e. The molecule has 0 spiro atoms. The molecule has 5 heteroatoms. The molecular weight excluding hydrogens is 386 g/mol. The number of hydrogen-bond donors (Lipinski definition) is 1. The van der Waals surface area contributed by atoms with E-state index in [0.717, 1.165) is 34.7 Å². The zero-order valence-corrected chi connectivity index (χ0v) is 17.1. The van der Waals surface area contributed by atoms with Gasteiger partial charge in [-0.15, -0.1) is 0 Å². The molecule has 3 aromatic rings. The maximum atomic E-state index is 13.1. The van der Waals surface area contributed by atoms with Crippen molar-refractivity contribution in [3.8, 4) is 11.5 Å². The van der Waals surface area contributed by atoms with E-state index in [-0.39, 0.29) is 17.2 Å². The zero-order chi connectivity index (χ0) is 20.4. The lowest BCUT2D eigenvalue weighted by Gasteiger charge is -2.20. The molecule has 1 N–H and O–H groups in total. The number of ether oxygens (including phenoxy) is 2. The van der Waals surface area contributed by atoms with E-state index in [1.807, 2.05) is 60.7 Å². The Morgan fingerprint density at radius 3 is 1.79 bits per heavy atom. The van der Waals surface area contributed by atoms with Crippen LogP contribution in [-0.4, -0.2) is 20.1 Å². The minimum atomic E-state index is -0.366. The molecule has 1 fully saturated rings. The molecule has 4 nitrogen and oxygen atoms in total. The minimum absolute atomic E-state index is 0.000964. The second-order valence-electron chi connectivity index (χ2n) is 7.18. The Labute approximate surface area is 175 Å². The number of hydrogen-bond acceptors (Lipinski definition) is 3. The predicted molar refractivity (Wildman–Crippen MR) is 115 cm³/mol. The normalized spacial score (nSPS) is 16.7. The van der Waals surface area contributed by atoms with Gasteiger partial charge in [0, 0.05) is 16.1 Å². The second kappa shape index (κ2) is 7.80. The summed E-state index contributed by atoms with van der Waals surface area (Å²) in [5.74, 6) is 1.42. The molecule has 4 rings (SSSR count). The molecule has 0 heterocycles. The first kappa shape index (κ1) is 19.3. The van der Waals surface area contributed by atoms with E-state index < -0.39 is 0 Å². The van der Waals surface area contributed by atoms with Crippen molar-refractivity contribution in [2.24, 2.45) is 5.92 Å². The molecule has 1 atom stereocenters. The summed E-state index contributed by atoms with van der Waals surface area (Å²) in [6, 6.07) is 23.1. The summed E-state index contributed by atoms with van der Waals surface area (Å²) in [5, 5.41) is 3.66. The number of anilines is 1. The maximum absolute atomic E-state index is 13.1. The van der Waals surface area contributed by atoms with Gasteiger partial charge in [0.2, 0.25) is 5.91 Å². The summed E-state index contributed by atoms with van der Waals surface area (Å²) >= 11 is 5.94. The fourth-order valence-corrected chi connectivity index (χ4v) is 4.05. The highest BCUT2D eigenvalue weighted by Gasteiger charge is 2.60. The van der Waals surface area contributed by atoms with Gasteiger partial charge in [-0.05, 0) is 66.1 Å². The van der Waals surface area contributed by atoms with Crippen LogP contribution in [0.25, 0.3) is 0 Å². The number of halogens is 1. The highest BCUT2D eigenvalue weighted by molar-refractivity contribution is 6.30. The van der Waals surface area contributed by atoms with Gasteiger partial charge >= 0.3 is 0 Å². The molecule has 1 saturated carbocycles. The molecule has 1 aliphatic carbocycles. The molecule has 0 aliphatic heterocycles. The molecule has 3 aromatic carbocycles. The number of carbonyl (C=O) groups excluding carboxylic acids is 1. The second-order valence-corrected chi connectivity index (χ2v) is 7.62. The zero-order valence-electron chi connectivity index (χ0n) is 16.3. The van der Waals surface area contributed by atoms with Crippen LogP contribution in [0, 0.1) is 5.92 Å². The average Bonchev–Trinajstić information content (AvgIpc) is 3.53. The van der Waals surface area contributed by atoms with E-state index >= 15 is 0 Å². The Balaban J connectivity index is 1.66. The highest BCUT2D eigenvalue weighted by Crippen LogP contribution is 2.59. The summed E-state index contributed by atoms with van der Waals surface area (Å²) < 4.78 is 10.6. The number of carbonyl (C=O) groups is 1. The van der Waals surface area contributed by atoms with Crippen LogP contribution in [0.3, 0.4) is 0 Å². The van der Waals surface area contributed by atoms with Crippen molar-refractivity contribution in [3.05, 3.63) is 88.9 Å². The molecule has 1 aliphatic rings. The molecule has 0 saturated heterocycles. The summed E-state index contributed by atoms with van der Waals surface area (Å²) in [4.78, 5) is 13.1. The van der Waals surface area contributed by atoms with Crippen molar-refractivity contribution >= 4 is 23.2 Å². The van der Waals surface area contributed by atoms with Crippen molar-refractivity contribution in [2.45, 2.75) is 11.8 Å². The summed E-state index contributed by atoms with van der Waals surface area (Å²) in [6.07, 6.45) is 0.741. The van der Waals surface area contributed by atoms with Crippen LogP contribution in [0.4, 0.5) is 5.69 Å². The Kier molecular flexibility index (Phi) is 5.20. The van der Waals surface area contributed by atoms with Gasteiger partial charge in [-0.1, -0.05) is 35.9 Å². The first-order valence-corrected chi connectivity index (χ1v) is 9.80. The number of methoxy groups -OCH3 is 2. The van der Waals surface area contributed by atoms with E-state index in [1.54, 1.807) is 26.4 Å². The summed E-state index contributed by atoms with van der Waals surface area (Å²) in [7, 11) is 3.29. The van der Waals surface area contributed by atoms with Gasteiger partial charge in [-0.25, -0.2) is 0 Å². The van der Waals surface area contributed by atoms with Gasteiger partial charge in [0.05, 0.1) is 20.1 Å². The molecular formula is C24H22ClNO3. The quantitative estimate of drug-likeness (QED) is 0.603. The van der Waals surface area contributed by atoms with Crippen molar-refractivity contribution in [2.75, 3.05) is 19.5 Å². The first-order chi connectivity index (χ1) is 14.1. The average molecular weight is 408 g/mol. The standard InChI is InChI=1S/C24H22ClNO3/c1-28-20-11-3-16(4-12-20)24(17-5-13-21(29-2)14-6-17)15-22(24)23(27)26-19-9-7-18(25)8-10-19/h3-14,22H,15H2,1-2H3,(H,26,27). The van der Waals surface area contributed by atoms with Gasteiger partial charge in [0.1, 0.15) is 11.5 Å². The lowest BCUT2D eigenvalue weighted by atomic mass is 9.85. The highest BCUT2D eigenvalue weighted by atomic mass is 35.5. The Bertz CT molecular complexity index is 950. The molecule has 148 valence electrons. The van der Waals surface area contributed by atoms with E-state index in [4.69, 9.17) is 21.1 Å². The van der Waals surface area contributed by atoms with Crippen LogP contribution < -0.4 is 14.8 Å². The van der Waals surface area contributed by atoms with Crippen molar-refractivity contribution in [1.82, 2.24) is 0 Å². The smallest absolute Gasteiger partial charge is 0.228 e. The van der Waals surface area contributed by atoms with E-state index in [9.17, 15) is 4.79 Å². The largest absolute Gasteiger partial charge is 0.497 e. The van der Waals surface area contributed by atoms with Gasteiger partial charge in [0.25, 0.3) is 0 Å². The Morgan fingerprint density at radius 2 is 1.34 bits per heavy atom. The third-order valence-corrected chi connectivity index (χ3v) is 5.85.